The second-order valence-corrected chi connectivity index (χ2v) is 6.45. The minimum Gasteiger partial charge on any atom is -0.477 e. The average molecular weight is 434 g/mol. The van der Waals surface area contributed by atoms with Crippen LogP contribution in [0, 0.1) is 10.1 Å². The highest BCUT2D eigenvalue weighted by atomic mass is 32.2. The number of carbonyl (C=O) groups is 1. The quantitative estimate of drug-likeness (QED) is 0.255. The van der Waals surface area contributed by atoms with Crippen molar-refractivity contribution in [2.24, 2.45) is 0 Å². The molecule has 1 heterocycles. The number of nitrogens with zero attached hydrogens (tertiary/aromatic N) is 2. The summed E-state index contributed by atoms with van der Waals surface area (Å²) in [5.41, 5.74) is -11.8. The molecule has 152 valence electrons. The largest absolute Gasteiger partial charge is 0.534 e. The normalized spacial score (nSPS) is 12.8. The maximum absolute atomic E-state index is 12.7. The lowest BCUT2D eigenvalue weighted by atomic mass is 10.1. The fraction of sp³-hybridized carbons (Fsp3) is 0.167. The summed E-state index contributed by atoms with van der Waals surface area (Å²) in [4.78, 5) is 23.7. The van der Waals surface area contributed by atoms with Crippen molar-refractivity contribution < 1.29 is 53.8 Å². The smallest absolute Gasteiger partial charge is 0.477 e. The van der Waals surface area contributed by atoms with Gasteiger partial charge < -0.3 is 9.29 Å². The zero-order valence-electron chi connectivity index (χ0n) is 12.7. The zero-order valence-corrected chi connectivity index (χ0v) is 13.5. The molecule has 1 N–H and O–H groups in total. The van der Waals surface area contributed by atoms with Crippen molar-refractivity contribution >= 4 is 32.7 Å². The lowest BCUT2D eigenvalue weighted by Gasteiger charge is -2.14. The minimum atomic E-state index is -6.53. The Kier molecular flexibility index (Phi) is 4.88. The first-order valence-electron chi connectivity index (χ1n) is 6.49. The molecule has 0 unspecified atom stereocenters. The number of nitro groups is 1. The van der Waals surface area contributed by atoms with Crippen LogP contribution in [0.25, 0.3) is 10.9 Å². The van der Waals surface area contributed by atoms with Gasteiger partial charge in [-0.3, -0.25) is 10.1 Å². The number of nitro benzene ring substituents is 1. The molecule has 9 nitrogen and oxygen atoms in total. The van der Waals surface area contributed by atoms with Crippen LogP contribution in [0.2, 0.25) is 0 Å². The number of aromatic carboxylic acids is 1. The lowest BCUT2D eigenvalue weighted by molar-refractivity contribution is -0.385. The van der Waals surface area contributed by atoms with Crippen molar-refractivity contribution in [1.82, 2.24) is 4.98 Å². The molecule has 0 bridgehead atoms. The summed E-state index contributed by atoms with van der Waals surface area (Å²) in [7, 11) is -6.53. The molecule has 0 amide bonds. The van der Waals surface area contributed by atoms with E-state index in [1.165, 1.54) is 0 Å². The molecule has 0 saturated carbocycles. The topological polar surface area (TPSA) is 137 Å². The van der Waals surface area contributed by atoms with Gasteiger partial charge in [-0.05, 0) is 18.2 Å². The fourth-order valence-electron chi connectivity index (χ4n) is 1.98. The molecule has 0 aliphatic carbocycles. The van der Waals surface area contributed by atoms with Crippen LogP contribution in [0.1, 0.15) is 16.1 Å². The highest BCUT2D eigenvalue weighted by molar-refractivity contribution is 7.88. The average Bonchev–Trinajstić information content (AvgIpc) is 2.51. The molecule has 1 aromatic heterocycles. The van der Waals surface area contributed by atoms with Crippen molar-refractivity contribution in [3.63, 3.8) is 0 Å². The van der Waals surface area contributed by atoms with Crippen LogP contribution < -0.4 is 4.18 Å². The monoisotopic (exact) mass is 434 g/mol. The van der Waals surface area contributed by atoms with Gasteiger partial charge in [0.05, 0.1) is 15.8 Å². The predicted octanol–water partition coefficient (Wildman–Crippen LogP) is 3.09. The molecular formula is C12H4F6N2O7S. The Hall–Kier alpha value is -3.17. The van der Waals surface area contributed by atoms with E-state index in [9.17, 15) is 49.7 Å². The Morgan fingerprint density at radius 1 is 1.18 bits per heavy atom. The van der Waals surface area contributed by atoms with E-state index in [2.05, 4.69) is 9.17 Å². The SMILES string of the molecule is O=C(O)c1cc2nc(C(F)(F)F)ccc2c(OS(=O)(=O)C(F)(F)F)c1[N+](=O)[O-]. The molecule has 0 aliphatic rings. The number of rotatable bonds is 4. The third kappa shape index (κ3) is 3.75. The highest BCUT2D eigenvalue weighted by Gasteiger charge is 2.50. The molecular weight excluding hydrogens is 430 g/mol. The first-order chi connectivity index (χ1) is 12.6. The van der Waals surface area contributed by atoms with Crippen molar-refractivity contribution in [3.8, 4) is 5.75 Å². The Balaban J connectivity index is 2.97. The van der Waals surface area contributed by atoms with Gasteiger partial charge >= 0.3 is 33.5 Å². The Labute approximate surface area is 149 Å². The van der Waals surface area contributed by atoms with Crippen molar-refractivity contribution in [2.45, 2.75) is 11.7 Å². The number of carboxylic acids is 1. The summed E-state index contributed by atoms with van der Waals surface area (Å²) in [5.74, 6) is -3.89. The molecule has 0 aliphatic heterocycles. The number of alkyl halides is 6. The Morgan fingerprint density at radius 3 is 2.18 bits per heavy atom. The maximum Gasteiger partial charge on any atom is 0.534 e. The fourth-order valence-corrected chi connectivity index (χ4v) is 2.46. The van der Waals surface area contributed by atoms with E-state index in [1.807, 2.05) is 0 Å². The van der Waals surface area contributed by atoms with Gasteiger partial charge in [0.2, 0.25) is 5.75 Å². The summed E-state index contributed by atoms with van der Waals surface area (Å²) in [6, 6.07) is 0.836. The number of hydrogen-bond acceptors (Lipinski definition) is 7. The van der Waals surface area contributed by atoms with Gasteiger partial charge in [0.25, 0.3) is 0 Å². The van der Waals surface area contributed by atoms with Gasteiger partial charge in [-0.2, -0.15) is 34.8 Å². The molecule has 0 radical (unpaired) electrons. The molecule has 2 aromatic rings. The van der Waals surface area contributed by atoms with Crippen LogP contribution in [0.4, 0.5) is 32.0 Å². The van der Waals surface area contributed by atoms with E-state index in [-0.39, 0.29) is 12.1 Å². The van der Waals surface area contributed by atoms with Crippen LogP contribution in [-0.4, -0.2) is 34.9 Å². The van der Waals surface area contributed by atoms with E-state index in [0.717, 1.165) is 0 Å². The summed E-state index contributed by atoms with van der Waals surface area (Å²) < 4.78 is 102. The van der Waals surface area contributed by atoms with Crippen LogP contribution >= 0.6 is 0 Å². The number of fused-ring (bicyclic) bond motifs is 1. The predicted molar refractivity (Wildman–Crippen MR) is 76.0 cm³/mol. The van der Waals surface area contributed by atoms with Gasteiger partial charge in [-0.1, -0.05) is 0 Å². The van der Waals surface area contributed by atoms with E-state index < -0.39 is 66.3 Å². The van der Waals surface area contributed by atoms with Crippen LogP contribution in [0.5, 0.6) is 5.75 Å². The van der Waals surface area contributed by atoms with E-state index in [4.69, 9.17) is 5.11 Å². The lowest BCUT2D eigenvalue weighted by Crippen LogP contribution is -2.28. The molecule has 0 saturated heterocycles. The van der Waals surface area contributed by atoms with Crippen molar-refractivity contribution in [3.05, 3.63) is 39.6 Å². The Morgan fingerprint density at radius 2 is 1.75 bits per heavy atom. The minimum absolute atomic E-state index is 0.194. The van der Waals surface area contributed by atoms with Crippen LogP contribution in [-0.2, 0) is 16.3 Å². The second kappa shape index (κ2) is 6.47. The van der Waals surface area contributed by atoms with Gasteiger partial charge in [-0.25, -0.2) is 9.78 Å². The second-order valence-electron chi connectivity index (χ2n) is 4.91. The van der Waals surface area contributed by atoms with Crippen LogP contribution in [0.3, 0.4) is 0 Å². The standard InChI is InChI=1S/C12H4F6N2O7S/c13-11(14,15)7-2-1-4-6(19-7)3-5(10(21)22)8(20(23)24)9(4)27-28(25,26)12(16,17)18/h1-3H,(H,21,22). The van der Waals surface area contributed by atoms with Gasteiger partial charge in [0.1, 0.15) is 11.3 Å². The molecule has 2 rings (SSSR count). The number of pyridine rings is 1. The number of halogens is 6. The first kappa shape index (κ1) is 21.1. The summed E-state index contributed by atoms with van der Waals surface area (Å²) in [6.45, 7) is 0. The summed E-state index contributed by atoms with van der Waals surface area (Å²) in [6.07, 6.45) is -5.06. The number of benzene rings is 1. The molecule has 28 heavy (non-hydrogen) atoms. The maximum atomic E-state index is 12.7. The zero-order chi connectivity index (χ0) is 21.7. The third-order valence-electron chi connectivity index (χ3n) is 3.10. The van der Waals surface area contributed by atoms with E-state index >= 15 is 0 Å². The van der Waals surface area contributed by atoms with Gasteiger partial charge in [0.15, 0.2) is 0 Å². The number of aromatic nitrogens is 1. The Bertz CT molecular complexity index is 1090. The molecule has 0 spiro atoms. The summed E-state index contributed by atoms with van der Waals surface area (Å²) >= 11 is 0. The summed E-state index contributed by atoms with van der Waals surface area (Å²) in [5, 5.41) is 19.2. The van der Waals surface area contributed by atoms with Crippen molar-refractivity contribution in [1.29, 1.82) is 0 Å². The molecule has 16 heteroatoms. The third-order valence-corrected chi connectivity index (χ3v) is 4.05. The van der Waals surface area contributed by atoms with Crippen molar-refractivity contribution in [2.75, 3.05) is 0 Å². The van der Waals surface area contributed by atoms with Crippen LogP contribution in [0.15, 0.2) is 18.2 Å². The molecule has 0 fully saturated rings. The number of hydrogen-bond donors (Lipinski definition) is 1. The van der Waals surface area contributed by atoms with E-state index in [0.29, 0.717) is 6.07 Å². The number of carboxylic acid groups (broad SMARTS) is 1. The first-order valence-corrected chi connectivity index (χ1v) is 7.90. The van der Waals surface area contributed by atoms with Gasteiger partial charge in [0, 0.05) is 0 Å². The molecule has 1 aromatic carbocycles. The van der Waals surface area contributed by atoms with Gasteiger partial charge in [-0.15, -0.1) is 0 Å². The van der Waals surface area contributed by atoms with E-state index in [1.54, 1.807) is 0 Å². The highest BCUT2D eigenvalue weighted by Crippen LogP contribution is 2.42. The molecule has 0 atom stereocenters.